The number of nitrogens with two attached hydrogens (primary N) is 1. The van der Waals surface area contributed by atoms with Crippen molar-refractivity contribution in [2.45, 2.75) is 52.1 Å². The summed E-state index contributed by atoms with van der Waals surface area (Å²) in [5.41, 5.74) is -0.398. The van der Waals surface area contributed by atoms with Gasteiger partial charge in [-0.15, -0.1) is 0 Å². The summed E-state index contributed by atoms with van der Waals surface area (Å²) in [5.74, 6) is -0.0211. The van der Waals surface area contributed by atoms with Crippen LogP contribution in [0.3, 0.4) is 0 Å². The van der Waals surface area contributed by atoms with Gasteiger partial charge in [0.2, 0.25) is 10.0 Å². The first-order valence-corrected chi connectivity index (χ1v) is 7.62. The second-order valence-corrected chi connectivity index (χ2v) is 7.16. The van der Waals surface area contributed by atoms with Crippen molar-refractivity contribution in [1.29, 1.82) is 0 Å². The molecule has 1 saturated carbocycles. The van der Waals surface area contributed by atoms with Gasteiger partial charge in [0.1, 0.15) is 0 Å². The van der Waals surface area contributed by atoms with Crippen LogP contribution in [0.4, 0.5) is 0 Å². The Hall–Kier alpha value is -0.130. The molecule has 0 amide bonds. The number of ether oxygens (including phenoxy) is 1. The highest BCUT2D eigenvalue weighted by atomic mass is 32.2. The summed E-state index contributed by atoms with van der Waals surface area (Å²) >= 11 is 0. The maximum atomic E-state index is 11.0. The van der Waals surface area contributed by atoms with E-state index in [2.05, 4.69) is 0 Å². The number of sulfonamides is 1. The van der Waals surface area contributed by atoms with E-state index in [4.69, 9.17) is 9.88 Å². The summed E-state index contributed by atoms with van der Waals surface area (Å²) < 4.78 is 27.8. The molecule has 0 atom stereocenters. The van der Waals surface area contributed by atoms with Crippen LogP contribution in [0.25, 0.3) is 0 Å². The molecule has 0 heterocycles. The molecule has 2 N–H and O–H groups in total. The molecule has 0 aromatic heterocycles. The van der Waals surface area contributed by atoms with Crippen LogP contribution in [0.1, 0.15) is 46.0 Å². The SMILES string of the molecule is CC(C)(COC1CCCCC1)CS(N)(=O)=O. The quantitative estimate of drug-likeness (QED) is 0.805. The number of primary sulfonamides is 1. The molecule has 16 heavy (non-hydrogen) atoms. The fraction of sp³-hybridized carbons (Fsp3) is 1.00. The maximum Gasteiger partial charge on any atom is 0.209 e. The van der Waals surface area contributed by atoms with E-state index in [9.17, 15) is 8.42 Å². The van der Waals surface area contributed by atoms with Crippen molar-refractivity contribution in [2.24, 2.45) is 10.6 Å². The van der Waals surface area contributed by atoms with E-state index in [-0.39, 0.29) is 5.75 Å². The summed E-state index contributed by atoms with van der Waals surface area (Å²) in [5, 5.41) is 5.05. The molecule has 0 radical (unpaired) electrons. The van der Waals surface area contributed by atoms with Crippen molar-refractivity contribution in [3.05, 3.63) is 0 Å². The Labute approximate surface area is 98.6 Å². The molecule has 0 saturated heterocycles. The monoisotopic (exact) mass is 249 g/mol. The van der Waals surface area contributed by atoms with Gasteiger partial charge < -0.3 is 4.74 Å². The third kappa shape index (κ3) is 5.82. The molecule has 4 nitrogen and oxygen atoms in total. The van der Waals surface area contributed by atoms with Crippen molar-refractivity contribution in [1.82, 2.24) is 0 Å². The minimum Gasteiger partial charge on any atom is -0.378 e. The first-order chi connectivity index (χ1) is 7.29. The summed E-state index contributed by atoms with van der Waals surface area (Å²) in [7, 11) is -3.41. The fourth-order valence-electron chi connectivity index (χ4n) is 2.16. The van der Waals surface area contributed by atoms with Crippen molar-refractivity contribution < 1.29 is 13.2 Å². The van der Waals surface area contributed by atoms with Gasteiger partial charge in [0.05, 0.1) is 18.5 Å². The Bertz CT molecular complexity index is 305. The smallest absolute Gasteiger partial charge is 0.209 e. The predicted molar refractivity (Wildman–Crippen MR) is 64.6 cm³/mol. The molecule has 0 bridgehead atoms. The first-order valence-electron chi connectivity index (χ1n) is 5.91. The second-order valence-electron chi connectivity index (χ2n) is 5.54. The van der Waals surface area contributed by atoms with Gasteiger partial charge in [-0.1, -0.05) is 33.1 Å². The van der Waals surface area contributed by atoms with Gasteiger partial charge in [0.15, 0.2) is 0 Å². The summed E-state index contributed by atoms with van der Waals surface area (Å²) in [6, 6.07) is 0. The highest BCUT2D eigenvalue weighted by molar-refractivity contribution is 7.89. The van der Waals surface area contributed by atoms with Crippen LogP contribution in [0.5, 0.6) is 0 Å². The van der Waals surface area contributed by atoms with Crippen LogP contribution in [-0.4, -0.2) is 26.9 Å². The van der Waals surface area contributed by atoms with Crippen LogP contribution in [-0.2, 0) is 14.8 Å². The van der Waals surface area contributed by atoms with Crippen molar-refractivity contribution in [2.75, 3.05) is 12.4 Å². The minimum atomic E-state index is -3.41. The average Bonchev–Trinajstić information content (AvgIpc) is 2.13. The summed E-state index contributed by atoms with van der Waals surface area (Å²) in [4.78, 5) is 0. The van der Waals surface area contributed by atoms with E-state index < -0.39 is 15.4 Å². The second kappa shape index (κ2) is 5.47. The van der Waals surface area contributed by atoms with E-state index in [1.165, 1.54) is 19.3 Å². The van der Waals surface area contributed by atoms with E-state index >= 15 is 0 Å². The van der Waals surface area contributed by atoms with Crippen molar-refractivity contribution in [3.63, 3.8) is 0 Å². The maximum absolute atomic E-state index is 11.0. The molecule has 96 valence electrons. The third-order valence-electron chi connectivity index (χ3n) is 2.85. The van der Waals surface area contributed by atoms with Gasteiger partial charge in [0.25, 0.3) is 0 Å². The Morgan fingerprint density at radius 1 is 1.25 bits per heavy atom. The Kier molecular flexibility index (Phi) is 4.76. The molecule has 1 aliphatic carbocycles. The molecular formula is C11H23NO3S. The zero-order chi connectivity index (χ0) is 12.2. The first kappa shape index (κ1) is 13.9. The molecule has 0 unspecified atom stereocenters. The number of hydrogen-bond donors (Lipinski definition) is 1. The van der Waals surface area contributed by atoms with Gasteiger partial charge >= 0.3 is 0 Å². The van der Waals surface area contributed by atoms with E-state index in [0.717, 1.165) is 12.8 Å². The lowest BCUT2D eigenvalue weighted by atomic mass is 9.95. The van der Waals surface area contributed by atoms with Crippen LogP contribution >= 0.6 is 0 Å². The molecule has 0 aromatic rings. The fourth-order valence-corrected chi connectivity index (χ4v) is 3.33. The minimum absolute atomic E-state index is 0.0211. The Morgan fingerprint density at radius 3 is 2.31 bits per heavy atom. The Morgan fingerprint density at radius 2 is 1.81 bits per heavy atom. The van der Waals surface area contributed by atoms with Gasteiger partial charge in [-0.2, -0.15) is 0 Å². The van der Waals surface area contributed by atoms with E-state index in [0.29, 0.717) is 12.7 Å². The number of hydrogen-bond acceptors (Lipinski definition) is 3. The molecule has 0 aromatic carbocycles. The van der Waals surface area contributed by atoms with Crippen LogP contribution < -0.4 is 5.14 Å². The zero-order valence-corrected chi connectivity index (χ0v) is 11.1. The van der Waals surface area contributed by atoms with E-state index in [1.807, 2.05) is 13.8 Å². The zero-order valence-electron chi connectivity index (χ0n) is 10.2. The predicted octanol–water partition coefficient (Wildman–Crippen LogP) is 1.65. The van der Waals surface area contributed by atoms with Crippen LogP contribution in [0.15, 0.2) is 0 Å². The number of rotatable bonds is 5. The Balaban J connectivity index is 2.34. The molecule has 1 rings (SSSR count). The standard InChI is InChI=1S/C11H23NO3S/c1-11(2,9-16(12,13)14)8-15-10-6-4-3-5-7-10/h10H,3-9H2,1-2H3,(H2,12,13,14). The molecule has 1 fully saturated rings. The molecular weight excluding hydrogens is 226 g/mol. The normalized spacial score (nSPS) is 19.9. The highest BCUT2D eigenvalue weighted by Gasteiger charge is 2.26. The van der Waals surface area contributed by atoms with Crippen LogP contribution in [0, 0.1) is 5.41 Å². The summed E-state index contributed by atoms with van der Waals surface area (Å²) in [6.45, 7) is 4.22. The largest absolute Gasteiger partial charge is 0.378 e. The third-order valence-corrected chi connectivity index (χ3v) is 4.04. The lowest BCUT2D eigenvalue weighted by molar-refractivity contribution is -0.00869. The molecule has 0 spiro atoms. The van der Waals surface area contributed by atoms with Gasteiger partial charge in [-0.3, -0.25) is 0 Å². The van der Waals surface area contributed by atoms with Gasteiger partial charge in [-0.05, 0) is 12.8 Å². The summed E-state index contributed by atoms with van der Waals surface area (Å²) in [6.07, 6.45) is 6.26. The molecule has 5 heteroatoms. The van der Waals surface area contributed by atoms with Crippen LogP contribution in [0.2, 0.25) is 0 Å². The lowest BCUT2D eigenvalue weighted by Gasteiger charge is -2.28. The van der Waals surface area contributed by atoms with Gasteiger partial charge in [-0.25, -0.2) is 13.6 Å². The molecule has 1 aliphatic rings. The highest BCUT2D eigenvalue weighted by Crippen LogP contribution is 2.24. The van der Waals surface area contributed by atoms with Crippen molar-refractivity contribution >= 4 is 10.0 Å². The molecule has 0 aliphatic heterocycles. The topological polar surface area (TPSA) is 69.4 Å². The van der Waals surface area contributed by atoms with E-state index in [1.54, 1.807) is 0 Å². The van der Waals surface area contributed by atoms with Gasteiger partial charge in [0, 0.05) is 5.41 Å². The lowest BCUT2D eigenvalue weighted by Crippen LogP contribution is -2.34. The van der Waals surface area contributed by atoms with Crippen molar-refractivity contribution in [3.8, 4) is 0 Å². The average molecular weight is 249 g/mol.